The number of hydrogen-bond acceptors (Lipinski definition) is 2. The molecule has 1 aromatic rings. The predicted molar refractivity (Wildman–Crippen MR) is 97.4 cm³/mol. The van der Waals surface area contributed by atoms with E-state index in [4.69, 9.17) is 4.74 Å². The van der Waals surface area contributed by atoms with Crippen molar-refractivity contribution in [3.05, 3.63) is 35.9 Å². The van der Waals surface area contributed by atoms with Gasteiger partial charge in [-0.25, -0.2) is 0 Å². The molecule has 1 aliphatic carbocycles. The Balaban J connectivity index is 1.41. The Morgan fingerprint density at radius 3 is 2.67 bits per heavy atom. The lowest BCUT2D eigenvalue weighted by atomic mass is 9.64. The molecule has 0 aromatic heterocycles. The zero-order valence-corrected chi connectivity index (χ0v) is 14.8. The lowest BCUT2D eigenvalue weighted by molar-refractivity contribution is 0.156. The topological polar surface area (TPSA) is 36.9 Å². The normalized spacial score (nSPS) is 29.0. The molecular formula is C20H29N3O. The highest BCUT2D eigenvalue weighted by Crippen LogP contribution is 2.43. The van der Waals surface area contributed by atoms with E-state index in [-0.39, 0.29) is 0 Å². The molecule has 1 unspecified atom stereocenters. The van der Waals surface area contributed by atoms with Gasteiger partial charge in [0.2, 0.25) is 0 Å². The summed E-state index contributed by atoms with van der Waals surface area (Å²) in [6.45, 7) is 5.03. The van der Waals surface area contributed by atoms with Gasteiger partial charge in [-0.2, -0.15) is 0 Å². The molecular weight excluding hydrogens is 298 g/mol. The molecule has 24 heavy (non-hydrogen) atoms. The highest BCUT2D eigenvalue weighted by Gasteiger charge is 2.43. The molecule has 2 heterocycles. The summed E-state index contributed by atoms with van der Waals surface area (Å²) < 4.78 is 5.66. The molecule has 0 bridgehead atoms. The molecule has 3 aliphatic rings. The quantitative estimate of drug-likeness (QED) is 0.685. The summed E-state index contributed by atoms with van der Waals surface area (Å²) in [4.78, 5) is 7.01. The van der Waals surface area contributed by atoms with Crippen LogP contribution < -0.4 is 5.32 Å². The first kappa shape index (κ1) is 15.9. The first-order valence-electron chi connectivity index (χ1n) is 9.34. The smallest absolute Gasteiger partial charge is 0.193 e. The molecule has 130 valence electrons. The third-order valence-electron chi connectivity index (χ3n) is 6.42. The molecule has 1 atom stereocenters. The Hall–Kier alpha value is -1.55. The Morgan fingerprint density at radius 2 is 2.04 bits per heavy atom. The monoisotopic (exact) mass is 327 g/mol. The Morgan fingerprint density at radius 1 is 1.21 bits per heavy atom. The van der Waals surface area contributed by atoms with Crippen LogP contribution in [0.5, 0.6) is 0 Å². The van der Waals surface area contributed by atoms with Gasteiger partial charge < -0.3 is 15.0 Å². The van der Waals surface area contributed by atoms with E-state index >= 15 is 0 Å². The van der Waals surface area contributed by atoms with Crippen LogP contribution in [0, 0.1) is 5.41 Å². The second-order valence-corrected chi connectivity index (χ2v) is 7.87. The molecule has 3 fully saturated rings. The predicted octanol–water partition coefficient (Wildman–Crippen LogP) is 2.80. The lowest BCUT2D eigenvalue weighted by Gasteiger charge is -2.43. The maximum Gasteiger partial charge on any atom is 0.193 e. The van der Waals surface area contributed by atoms with Crippen molar-refractivity contribution in [1.29, 1.82) is 0 Å². The van der Waals surface area contributed by atoms with E-state index in [1.54, 1.807) is 0 Å². The summed E-state index contributed by atoms with van der Waals surface area (Å²) in [6.07, 6.45) is 6.32. The van der Waals surface area contributed by atoms with Crippen molar-refractivity contribution < 1.29 is 4.74 Å². The fraction of sp³-hybridized carbons (Fsp3) is 0.650. The van der Waals surface area contributed by atoms with Crippen LogP contribution in [0.2, 0.25) is 0 Å². The molecule has 4 rings (SSSR count). The molecule has 1 aromatic carbocycles. The van der Waals surface area contributed by atoms with E-state index in [1.165, 1.54) is 37.7 Å². The van der Waals surface area contributed by atoms with Gasteiger partial charge >= 0.3 is 0 Å². The van der Waals surface area contributed by atoms with Crippen LogP contribution in [0.1, 0.15) is 37.7 Å². The van der Waals surface area contributed by atoms with Gasteiger partial charge in [0, 0.05) is 44.1 Å². The van der Waals surface area contributed by atoms with Crippen LogP contribution in [0.25, 0.3) is 0 Å². The first-order chi connectivity index (χ1) is 11.8. The van der Waals surface area contributed by atoms with Crippen molar-refractivity contribution in [3.63, 3.8) is 0 Å². The summed E-state index contributed by atoms with van der Waals surface area (Å²) >= 11 is 0. The fourth-order valence-corrected chi connectivity index (χ4v) is 4.63. The molecule has 4 heteroatoms. The van der Waals surface area contributed by atoms with Gasteiger partial charge in [0.1, 0.15) is 0 Å². The van der Waals surface area contributed by atoms with E-state index < -0.39 is 0 Å². The number of hydrogen-bond donors (Lipinski definition) is 1. The van der Waals surface area contributed by atoms with Crippen molar-refractivity contribution in [3.8, 4) is 0 Å². The molecule has 2 aliphatic heterocycles. The van der Waals surface area contributed by atoms with Gasteiger partial charge in [-0.15, -0.1) is 0 Å². The minimum atomic E-state index is 0.297. The maximum atomic E-state index is 5.66. The van der Waals surface area contributed by atoms with Crippen molar-refractivity contribution in [2.75, 3.05) is 39.9 Å². The first-order valence-corrected chi connectivity index (χ1v) is 9.34. The van der Waals surface area contributed by atoms with Gasteiger partial charge in [0.15, 0.2) is 5.96 Å². The highest BCUT2D eigenvalue weighted by molar-refractivity contribution is 5.80. The second-order valence-electron chi connectivity index (χ2n) is 7.87. The molecule has 0 radical (unpaired) electrons. The Labute approximate surface area is 145 Å². The van der Waals surface area contributed by atoms with Crippen molar-refractivity contribution in [1.82, 2.24) is 10.2 Å². The second kappa shape index (κ2) is 6.40. The average molecular weight is 327 g/mol. The third kappa shape index (κ3) is 2.81. The average Bonchev–Trinajstić information content (AvgIpc) is 3.21. The number of rotatable bonds is 3. The molecule has 1 saturated carbocycles. The van der Waals surface area contributed by atoms with Gasteiger partial charge in [0.05, 0.1) is 6.61 Å². The van der Waals surface area contributed by atoms with E-state index in [0.717, 1.165) is 38.8 Å². The van der Waals surface area contributed by atoms with E-state index in [2.05, 4.69) is 45.5 Å². The number of ether oxygens (including phenoxy) is 1. The van der Waals surface area contributed by atoms with Crippen LogP contribution in [0.15, 0.2) is 35.3 Å². The number of likely N-dealkylation sites (tertiary alicyclic amines) is 1. The van der Waals surface area contributed by atoms with Crippen LogP contribution in [0.4, 0.5) is 0 Å². The van der Waals surface area contributed by atoms with Crippen molar-refractivity contribution >= 4 is 5.96 Å². The van der Waals surface area contributed by atoms with E-state index in [9.17, 15) is 0 Å². The van der Waals surface area contributed by atoms with E-state index in [1.807, 2.05) is 7.05 Å². The van der Waals surface area contributed by atoms with E-state index in [0.29, 0.717) is 10.8 Å². The van der Waals surface area contributed by atoms with Gasteiger partial charge in [-0.1, -0.05) is 36.8 Å². The van der Waals surface area contributed by atoms with Crippen LogP contribution in [0.3, 0.4) is 0 Å². The minimum Gasteiger partial charge on any atom is -0.381 e. The molecule has 1 N–H and O–H groups in total. The number of benzene rings is 1. The third-order valence-corrected chi connectivity index (χ3v) is 6.42. The molecule has 1 spiro atoms. The summed E-state index contributed by atoms with van der Waals surface area (Å²) in [5, 5.41) is 3.69. The fourth-order valence-electron chi connectivity index (χ4n) is 4.63. The Kier molecular flexibility index (Phi) is 4.25. The maximum absolute atomic E-state index is 5.66. The van der Waals surface area contributed by atoms with Gasteiger partial charge in [0.25, 0.3) is 0 Å². The minimum absolute atomic E-state index is 0.297. The van der Waals surface area contributed by atoms with Crippen LogP contribution >= 0.6 is 0 Å². The Bertz CT molecular complexity index is 588. The molecule has 0 amide bonds. The van der Waals surface area contributed by atoms with Crippen molar-refractivity contribution in [2.45, 2.75) is 37.5 Å². The summed E-state index contributed by atoms with van der Waals surface area (Å²) in [7, 11) is 1.91. The van der Waals surface area contributed by atoms with Gasteiger partial charge in [-0.05, 0) is 31.2 Å². The zero-order valence-electron chi connectivity index (χ0n) is 14.8. The number of nitrogens with zero attached hydrogens (tertiary/aromatic N) is 2. The summed E-state index contributed by atoms with van der Waals surface area (Å²) in [6, 6.07) is 11.0. The SMILES string of the molecule is CN=C(NCC1(c2ccccc2)CCC1)N1CCC2(CCOC2)C1. The largest absolute Gasteiger partial charge is 0.381 e. The number of aliphatic imine (C=N–C) groups is 1. The molecule has 2 saturated heterocycles. The van der Waals surface area contributed by atoms with Crippen LogP contribution in [-0.2, 0) is 10.2 Å². The standard InChI is InChI=1S/C20H29N3O/c1-21-18(23-12-10-19(15-23)11-13-24-16-19)22-14-20(8-5-9-20)17-6-3-2-4-7-17/h2-4,6-7H,5,8-16H2,1H3,(H,21,22). The zero-order chi connectivity index (χ0) is 16.5. The summed E-state index contributed by atoms with van der Waals surface area (Å²) in [5.74, 6) is 1.07. The van der Waals surface area contributed by atoms with Crippen molar-refractivity contribution in [2.24, 2.45) is 10.4 Å². The highest BCUT2D eigenvalue weighted by atomic mass is 16.5. The number of nitrogens with one attached hydrogen (secondary N) is 1. The number of guanidine groups is 1. The lowest BCUT2D eigenvalue weighted by Crippen LogP contribution is -2.50. The summed E-state index contributed by atoms with van der Waals surface area (Å²) in [5.41, 5.74) is 2.15. The molecule has 4 nitrogen and oxygen atoms in total. The van der Waals surface area contributed by atoms with Crippen LogP contribution in [-0.4, -0.2) is 50.8 Å². The van der Waals surface area contributed by atoms with Gasteiger partial charge in [-0.3, -0.25) is 4.99 Å².